The van der Waals surface area contributed by atoms with Crippen LogP contribution in [0.3, 0.4) is 0 Å². The number of carbonyl (C=O) groups excluding carboxylic acids is 1. The molecular weight excluding hydrogens is 441 g/mol. The maximum atomic E-state index is 13.5. The lowest BCUT2D eigenvalue weighted by Crippen LogP contribution is -2.31. The van der Waals surface area contributed by atoms with Crippen molar-refractivity contribution in [1.82, 2.24) is 9.55 Å². The van der Waals surface area contributed by atoms with Crippen molar-refractivity contribution >= 4 is 28.8 Å². The largest absolute Gasteiger partial charge is 0.495 e. The lowest BCUT2D eigenvalue weighted by molar-refractivity contribution is 0.105. The molecule has 0 N–H and O–H groups in total. The van der Waals surface area contributed by atoms with Gasteiger partial charge in [-0.05, 0) is 54.6 Å². The number of rotatable bonds is 5. The highest BCUT2D eigenvalue weighted by atomic mass is 32.1. The number of methoxy groups -OCH3 is 1. The van der Waals surface area contributed by atoms with E-state index in [2.05, 4.69) is 4.98 Å². The van der Waals surface area contributed by atoms with Gasteiger partial charge in [-0.3, -0.25) is 19.1 Å². The number of aromatic nitrogens is 2. The Kier molecular flexibility index (Phi) is 6.24. The van der Waals surface area contributed by atoms with Gasteiger partial charge in [0, 0.05) is 11.8 Å². The molecule has 6 nitrogen and oxygen atoms in total. The summed E-state index contributed by atoms with van der Waals surface area (Å²) in [5, 5.41) is 9.91. The van der Waals surface area contributed by atoms with Crippen molar-refractivity contribution in [2.24, 2.45) is 0 Å². The first kappa shape index (κ1) is 21.9. The fraction of sp³-hybridized carbons (Fsp3) is 0.0400. The number of ketones is 1. The lowest BCUT2D eigenvalue weighted by atomic mass is 10.1. The Morgan fingerprint density at radius 3 is 2.52 bits per heavy atom. The zero-order valence-electron chi connectivity index (χ0n) is 17.4. The van der Waals surface area contributed by atoms with E-state index in [4.69, 9.17) is 4.74 Å². The third-order valence-corrected chi connectivity index (χ3v) is 5.87. The molecular formula is C25H16FN3O3S. The second-order valence-corrected chi connectivity index (χ2v) is 7.84. The Bertz CT molecular complexity index is 1550. The van der Waals surface area contributed by atoms with Crippen LogP contribution in [0.25, 0.3) is 17.3 Å². The van der Waals surface area contributed by atoms with Crippen molar-refractivity contribution in [2.75, 3.05) is 7.11 Å². The minimum absolute atomic E-state index is 0.135. The van der Waals surface area contributed by atoms with E-state index in [1.165, 1.54) is 23.8 Å². The van der Waals surface area contributed by atoms with Crippen molar-refractivity contribution in [3.05, 3.63) is 110 Å². The molecule has 0 aliphatic heterocycles. The highest BCUT2D eigenvalue weighted by molar-refractivity contribution is 7.07. The van der Waals surface area contributed by atoms with Crippen molar-refractivity contribution < 1.29 is 13.9 Å². The molecule has 0 atom stereocenters. The van der Waals surface area contributed by atoms with E-state index >= 15 is 0 Å². The van der Waals surface area contributed by atoms with E-state index in [-0.39, 0.29) is 20.3 Å². The summed E-state index contributed by atoms with van der Waals surface area (Å²) in [4.78, 5) is 30.8. The maximum absolute atomic E-state index is 13.5. The number of carbonyl (C=O) groups is 1. The first-order valence-corrected chi connectivity index (χ1v) is 10.6. The van der Waals surface area contributed by atoms with Crippen LogP contribution in [-0.2, 0) is 0 Å². The molecule has 33 heavy (non-hydrogen) atoms. The first-order valence-electron chi connectivity index (χ1n) is 9.76. The second-order valence-electron chi connectivity index (χ2n) is 6.81. The van der Waals surface area contributed by atoms with E-state index in [1.807, 2.05) is 6.07 Å². The summed E-state index contributed by atoms with van der Waals surface area (Å²) in [5.41, 5.74) is 0.408. The van der Waals surface area contributed by atoms with Gasteiger partial charge in [-0.15, -0.1) is 11.3 Å². The molecule has 0 aliphatic rings. The molecule has 162 valence electrons. The maximum Gasteiger partial charge on any atom is 0.273 e. The van der Waals surface area contributed by atoms with Crippen molar-refractivity contribution in [3.8, 4) is 17.5 Å². The topological polar surface area (TPSA) is 85.0 Å². The summed E-state index contributed by atoms with van der Waals surface area (Å²) in [6.07, 6.45) is 3.20. The fourth-order valence-corrected chi connectivity index (χ4v) is 4.30. The first-order chi connectivity index (χ1) is 16.0. The Morgan fingerprint density at radius 1 is 1.12 bits per heavy atom. The number of nitriles is 1. The van der Waals surface area contributed by atoms with Crippen LogP contribution in [0.5, 0.6) is 5.75 Å². The third-order valence-electron chi connectivity index (χ3n) is 4.78. The fourth-order valence-electron chi connectivity index (χ4n) is 3.22. The van der Waals surface area contributed by atoms with Gasteiger partial charge in [-0.25, -0.2) is 4.39 Å². The van der Waals surface area contributed by atoms with Crippen LogP contribution in [0.2, 0.25) is 0 Å². The van der Waals surface area contributed by atoms with Gasteiger partial charge in [0.05, 0.1) is 23.0 Å². The number of nitrogens with zero attached hydrogens (tertiary/aromatic N) is 3. The SMILES string of the molecule is COc1ccccc1-n1c(=C(C#N)C(=O)c2ccc(F)cc2)sc(=Cc2ccccn2)c1=O. The highest BCUT2D eigenvalue weighted by Gasteiger charge is 2.20. The van der Waals surface area contributed by atoms with Crippen LogP contribution in [0, 0.1) is 17.1 Å². The molecule has 0 unspecified atom stereocenters. The number of pyridine rings is 1. The van der Waals surface area contributed by atoms with E-state index in [0.717, 1.165) is 23.5 Å². The molecule has 4 rings (SSSR count). The van der Waals surface area contributed by atoms with Crippen molar-refractivity contribution in [3.63, 3.8) is 0 Å². The van der Waals surface area contributed by atoms with Gasteiger partial charge in [-0.1, -0.05) is 18.2 Å². The normalized spacial score (nSPS) is 12.2. The van der Waals surface area contributed by atoms with Gasteiger partial charge >= 0.3 is 0 Å². The summed E-state index contributed by atoms with van der Waals surface area (Å²) in [5.74, 6) is -0.722. The summed E-state index contributed by atoms with van der Waals surface area (Å²) < 4.78 is 20.5. The molecule has 0 spiro atoms. The molecule has 4 aromatic rings. The van der Waals surface area contributed by atoms with Crippen molar-refractivity contribution in [1.29, 1.82) is 5.26 Å². The molecule has 0 saturated carbocycles. The molecule has 2 heterocycles. The molecule has 0 saturated heterocycles. The van der Waals surface area contributed by atoms with Crippen LogP contribution in [0.1, 0.15) is 16.1 Å². The summed E-state index contributed by atoms with van der Waals surface area (Å²) in [6, 6.07) is 18.9. The number of benzene rings is 2. The zero-order valence-corrected chi connectivity index (χ0v) is 18.2. The third kappa shape index (κ3) is 4.35. The predicted molar refractivity (Wildman–Crippen MR) is 123 cm³/mol. The number of halogens is 1. The zero-order chi connectivity index (χ0) is 23.4. The van der Waals surface area contributed by atoms with Gasteiger partial charge in [0.25, 0.3) is 5.56 Å². The van der Waals surface area contributed by atoms with Crippen LogP contribution in [-0.4, -0.2) is 22.4 Å². The van der Waals surface area contributed by atoms with Crippen LogP contribution in [0.4, 0.5) is 4.39 Å². The van der Waals surface area contributed by atoms with E-state index in [9.17, 15) is 19.2 Å². The molecule has 2 aromatic heterocycles. The average molecular weight is 457 g/mol. The molecule has 0 fully saturated rings. The molecule has 8 heteroatoms. The number of ether oxygens (including phenoxy) is 1. The quantitative estimate of drug-likeness (QED) is 0.430. The Hall–Kier alpha value is -4.35. The summed E-state index contributed by atoms with van der Waals surface area (Å²) in [7, 11) is 1.47. The molecule has 0 radical (unpaired) electrons. The summed E-state index contributed by atoms with van der Waals surface area (Å²) >= 11 is 0.999. The van der Waals surface area contributed by atoms with Crippen LogP contribution >= 0.6 is 11.3 Å². The average Bonchev–Trinajstić information content (AvgIpc) is 3.15. The number of thiazole rings is 1. The monoisotopic (exact) mass is 457 g/mol. The van der Waals surface area contributed by atoms with Gasteiger partial charge in [0.15, 0.2) is 0 Å². The molecule has 2 aromatic carbocycles. The smallest absolute Gasteiger partial charge is 0.273 e. The number of para-hydroxylation sites is 2. The predicted octanol–water partition coefficient (Wildman–Crippen LogP) is 2.83. The van der Waals surface area contributed by atoms with E-state index in [1.54, 1.807) is 54.7 Å². The Morgan fingerprint density at radius 2 is 1.85 bits per heavy atom. The minimum Gasteiger partial charge on any atom is -0.495 e. The second kappa shape index (κ2) is 9.42. The van der Waals surface area contributed by atoms with Gasteiger partial charge in [-0.2, -0.15) is 5.26 Å². The van der Waals surface area contributed by atoms with Crippen molar-refractivity contribution in [2.45, 2.75) is 0 Å². The van der Waals surface area contributed by atoms with Gasteiger partial charge in [0.2, 0.25) is 5.78 Å². The molecule has 0 aliphatic carbocycles. The van der Waals surface area contributed by atoms with Crippen LogP contribution < -0.4 is 19.5 Å². The Balaban J connectivity index is 2.08. The highest BCUT2D eigenvalue weighted by Crippen LogP contribution is 2.20. The summed E-state index contributed by atoms with van der Waals surface area (Å²) in [6.45, 7) is 0. The van der Waals surface area contributed by atoms with Crippen LogP contribution in [0.15, 0.2) is 77.7 Å². The standard InChI is InChI=1S/C25H16FN3O3S/c1-32-21-8-3-2-7-20(21)29-24(31)22(14-18-6-4-5-13-28-18)33-25(29)19(15-27)23(30)16-9-11-17(26)12-10-16/h2-14H,1H3. The Labute approximate surface area is 191 Å². The van der Waals surface area contributed by atoms with Gasteiger partial charge < -0.3 is 4.74 Å². The number of Topliss-reactive ketones (excluding diaryl/α,β-unsaturated/α-hetero) is 1. The number of hydrogen-bond acceptors (Lipinski definition) is 6. The van der Waals surface area contributed by atoms with Gasteiger partial charge in [0.1, 0.15) is 27.9 Å². The minimum atomic E-state index is -0.619. The molecule has 0 bridgehead atoms. The molecule has 0 amide bonds. The lowest BCUT2D eigenvalue weighted by Gasteiger charge is -2.09. The van der Waals surface area contributed by atoms with E-state index < -0.39 is 17.2 Å². The number of hydrogen-bond donors (Lipinski definition) is 0. The van der Waals surface area contributed by atoms with E-state index in [0.29, 0.717) is 17.1 Å².